The Kier molecular flexibility index (Phi) is 7.47. The fourth-order valence-corrected chi connectivity index (χ4v) is 3.64. The maximum atomic E-state index is 13.8. The first-order chi connectivity index (χ1) is 14.1. The molecule has 2 aromatic rings. The lowest BCUT2D eigenvalue weighted by Crippen LogP contribution is -2.44. The SMILES string of the molecule is COc1ccc(C(CNC(=O)C(C)Oc2ccccc2F)N2CCCCC2)cc1. The summed E-state index contributed by atoms with van der Waals surface area (Å²) in [6.45, 7) is 4.11. The Balaban J connectivity index is 1.65. The van der Waals surface area contributed by atoms with Gasteiger partial charge in [-0.15, -0.1) is 0 Å². The van der Waals surface area contributed by atoms with E-state index in [1.54, 1.807) is 26.2 Å². The van der Waals surface area contributed by atoms with Crippen LogP contribution in [0.3, 0.4) is 0 Å². The summed E-state index contributed by atoms with van der Waals surface area (Å²) in [5.41, 5.74) is 1.13. The van der Waals surface area contributed by atoms with E-state index in [1.165, 1.54) is 18.6 Å². The molecule has 1 aliphatic heterocycles. The van der Waals surface area contributed by atoms with Crippen LogP contribution >= 0.6 is 0 Å². The second-order valence-corrected chi connectivity index (χ2v) is 7.32. The largest absolute Gasteiger partial charge is 0.497 e. The number of amides is 1. The normalized spacial score (nSPS) is 16.7. The van der Waals surface area contributed by atoms with Gasteiger partial charge in [0.1, 0.15) is 5.75 Å². The zero-order valence-electron chi connectivity index (χ0n) is 17.1. The first-order valence-electron chi connectivity index (χ1n) is 10.2. The van der Waals surface area contributed by atoms with Crippen molar-refractivity contribution in [1.29, 1.82) is 0 Å². The molecule has 156 valence electrons. The summed E-state index contributed by atoms with van der Waals surface area (Å²) >= 11 is 0. The predicted octanol–water partition coefficient (Wildman–Crippen LogP) is 3.95. The standard InChI is InChI=1S/C23H29FN2O3/c1-17(29-22-9-5-4-8-20(22)24)23(27)25-16-21(26-14-6-3-7-15-26)18-10-12-19(28-2)13-11-18/h4-5,8-13,17,21H,3,6-7,14-16H2,1-2H3,(H,25,27). The molecule has 1 saturated heterocycles. The van der Waals surface area contributed by atoms with E-state index in [1.807, 2.05) is 24.3 Å². The summed E-state index contributed by atoms with van der Waals surface area (Å²) in [7, 11) is 1.65. The number of hydrogen-bond acceptors (Lipinski definition) is 4. The van der Waals surface area contributed by atoms with Crippen molar-refractivity contribution < 1.29 is 18.7 Å². The zero-order chi connectivity index (χ0) is 20.6. The molecule has 1 fully saturated rings. The van der Waals surface area contributed by atoms with Crippen LogP contribution in [0.5, 0.6) is 11.5 Å². The number of ether oxygens (including phenoxy) is 2. The highest BCUT2D eigenvalue weighted by Crippen LogP contribution is 2.26. The van der Waals surface area contributed by atoms with Crippen molar-refractivity contribution in [1.82, 2.24) is 10.2 Å². The number of piperidine rings is 1. The molecule has 6 heteroatoms. The van der Waals surface area contributed by atoms with Gasteiger partial charge >= 0.3 is 0 Å². The fraction of sp³-hybridized carbons (Fsp3) is 0.435. The van der Waals surface area contributed by atoms with E-state index in [9.17, 15) is 9.18 Å². The number of para-hydroxylation sites is 1. The van der Waals surface area contributed by atoms with Crippen LogP contribution in [0.25, 0.3) is 0 Å². The van der Waals surface area contributed by atoms with Gasteiger partial charge in [-0.05, 0) is 62.7 Å². The van der Waals surface area contributed by atoms with Crippen molar-refractivity contribution in [3.8, 4) is 11.5 Å². The van der Waals surface area contributed by atoms with Crippen LogP contribution in [0.2, 0.25) is 0 Å². The van der Waals surface area contributed by atoms with Gasteiger partial charge in [-0.2, -0.15) is 0 Å². The molecule has 0 spiro atoms. The minimum atomic E-state index is -0.787. The van der Waals surface area contributed by atoms with Crippen molar-refractivity contribution in [2.75, 3.05) is 26.7 Å². The number of carbonyl (C=O) groups excluding carboxylic acids is 1. The molecule has 2 atom stereocenters. The molecular weight excluding hydrogens is 371 g/mol. The summed E-state index contributed by atoms with van der Waals surface area (Å²) in [4.78, 5) is 15.0. The average molecular weight is 400 g/mol. The molecule has 29 heavy (non-hydrogen) atoms. The Morgan fingerprint density at radius 3 is 2.45 bits per heavy atom. The molecule has 0 aliphatic carbocycles. The summed E-state index contributed by atoms with van der Waals surface area (Å²) in [6, 6.07) is 14.2. The number of carbonyl (C=O) groups is 1. The molecule has 1 N–H and O–H groups in total. The van der Waals surface area contributed by atoms with Gasteiger partial charge in [-0.3, -0.25) is 9.69 Å². The number of nitrogens with zero attached hydrogens (tertiary/aromatic N) is 1. The van der Waals surface area contributed by atoms with E-state index in [2.05, 4.69) is 10.2 Å². The van der Waals surface area contributed by atoms with Gasteiger partial charge in [0.2, 0.25) is 0 Å². The topological polar surface area (TPSA) is 50.8 Å². The molecule has 2 unspecified atom stereocenters. The van der Waals surface area contributed by atoms with Gasteiger partial charge in [0.05, 0.1) is 13.2 Å². The van der Waals surface area contributed by atoms with Crippen LogP contribution in [0, 0.1) is 5.82 Å². The number of likely N-dealkylation sites (tertiary alicyclic amines) is 1. The van der Waals surface area contributed by atoms with E-state index < -0.39 is 11.9 Å². The van der Waals surface area contributed by atoms with Crippen LogP contribution in [0.4, 0.5) is 4.39 Å². The minimum absolute atomic E-state index is 0.0748. The van der Waals surface area contributed by atoms with Crippen LogP contribution in [0.15, 0.2) is 48.5 Å². The lowest BCUT2D eigenvalue weighted by atomic mass is 10.0. The van der Waals surface area contributed by atoms with Crippen molar-refractivity contribution in [3.63, 3.8) is 0 Å². The molecular formula is C23H29FN2O3. The molecule has 0 aromatic heterocycles. The van der Waals surface area contributed by atoms with Gasteiger partial charge in [-0.25, -0.2) is 4.39 Å². The average Bonchev–Trinajstić information content (AvgIpc) is 2.76. The van der Waals surface area contributed by atoms with Gasteiger partial charge < -0.3 is 14.8 Å². The lowest BCUT2D eigenvalue weighted by molar-refractivity contribution is -0.127. The van der Waals surface area contributed by atoms with Crippen molar-refractivity contribution in [3.05, 3.63) is 59.9 Å². The maximum absolute atomic E-state index is 13.8. The quantitative estimate of drug-likeness (QED) is 0.729. The molecule has 0 saturated carbocycles. The molecule has 1 heterocycles. The van der Waals surface area contributed by atoms with Crippen LogP contribution in [-0.4, -0.2) is 43.7 Å². The Hall–Kier alpha value is -2.60. The third-order valence-electron chi connectivity index (χ3n) is 5.31. The third-order valence-corrected chi connectivity index (χ3v) is 5.31. The zero-order valence-corrected chi connectivity index (χ0v) is 17.1. The number of halogens is 1. The highest BCUT2D eigenvalue weighted by molar-refractivity contribution is 5.80. The highest BCUT2D eigenvalue weighted by Gasteiger charge is 2.24. The summed E-state index contributed by atoms with van der Waals surface area (Å²) in [5.74, 6) is 0.153. The van der Waals surface area contributed by atoms with Gasteiger partial charge in [0.15, 0.2) is 17.7 Å². The lowest BCUT2D eigenvalue weighted by Gasteiger charge is -2.35. The summed E-state index contributed by atoms with van der Waals surface area (Å²) in [5, 5.41) is 2.99. The van der Waals surface area contributed by atoms with Crippen LogP contribution in [-0.2, 0) is 4.79 Å². The van der Waals surface area contributed by atoms with E-state index >= 15 is 0 Å². The predicted molar refractivity (Wildman–Crippen MR) is 111 cm³/mol. The first kappa shape index (κ1) is 21.1. The van der Waals surface area contributed by atoms with Crippen molar-refractivity contribution in [2.45, 2.75) is 38.3 Å². The second kappa shape index (κ2) is 10.3. The van der Waals surface area contributed by atoms with Gasteiger partial charge in [0, 0.05) is 6.54 Å². The number of benzene rings is 2. The molecule has 1 amide bonds. The first-order valence-corrected chi connectivity index (χ1v) is 10.2. The van der Waals surface area contributed by atoms with E-state index in [4.69, 9.17) is 9.47 Å². The molecule has 2 aromatic carbocycles. The van der Waals surface area contributed by atoms with Gasteiger partial charge in [-0.1, -0.05) is 30.7 Å². The molecule has 3 rings (SSSR count). The Labute approximate surface area is 171 Å². The smallest absolute Gasteiger partial charge is 0.260 e. The molecule has 1 aliphatic rings. The molecule has 0 bridgehead atoms. The molecule has 0 radical (unpaired) electrons. The minimum Gasteiger partial charge on any atom is -0.497 e. The van der Waals surface area contributed by atoms with Crippen LogP contribution in [0.1, 0.15) is 37.8 Å². The highest BCUT2D eigenvalue weighted by atomic mass is 19.1. The third kappa shape index (κ3) is 5.70. The Morgan fingerprint density at radius 2 is 1.79 bits per heavy atom. The van der Waals surface area contributed by atoms with E-state index in [0.29, 0.717) is 6.54 Å². The number of rotatable bonds is 8. The van der Waals surface area contributed by atoms with E-state index in [-0.39, 0.29) is 17.7 Å². The number of hydrogen-bond donors (Lipinski definition) is 1. The maximum Gasteiger partial charge on any atom is 0.260 e. The summed E-state index contributed by atoms with van der Waals surface area (Å²) < 4.78 is 24.5. The van der Waals surface area contributed by atoms with Crippen LogP contribution < -0.4 is 14.8 Å². The Bertz CT molecular complexity index is 791. The van der Waals surface area contributed by atoms with Gasteiger partial charge in [0.25, 0.3) is 5.91 Å². The fourth-order valence-electron chi connectivity index (χ4n) is 3.64. The van der Waals surface area contributed by atoms with Crippen molar-refractivity contribution in [2.24, 2.45) is 0 Å². The molecule has 5 nitrogen and oxygen atoms in total. The Morgan fingerprint density at radius 1 is 1.10 bits per heavy atom. The monoisotopic (exact) mass is 400 g/mol. The summed E-state index contributed by atoms with van der Waals surface area (Å²) in [6.07, 6.45) is 2.77. The number of nitrogens with one attached hydrogen (secondary N) is 1. The number of methoxy groups -OCH3 is 1. The van der Waals surface area contributed by atoms with E-state index in [0.717, 1.165) is 37.2 Å². The van der Waals surface area contributed by atoms with Crippen molar-refractivity contribution >= 4 is 5.91 Å². The second-order valence-electron chi connectivity index (χ2n) is 7.32.